The lowest BCUT2D eigenvalue weighted by Gasteiger charge is -2.31. The standard InChI is InChI=1S/C17H15ClN2O5/c1-23-16(21)13-8-25-9-20(15(13)17(22)24-2)12-4-3-10-6-14(18)19-7-11(10)5-12/h3-7H,8-9H2,1-2H3. The molecule has 1 aromatic carbocycles. The molecule has 0 N–H and O–H groups in total. The average Bonchev–Trinajstić information content (AvgIpc) is 2.65. The van der Waals surface area contributed by atoms with Crippen LogP contribution in [-0.2, 0) is 23.8 Å². The monoisotopic (exact) mass is 362 g/mol. The van der Waals surface area contributed by atoms with E-state index >= 15 is 0 Å². The van der Waals surface area contributed by atoms with Gasteiger partial charge >= 0.3 is 11.9 Å². The molecule has 0 spiro atoms. The van der Waals surface area contributed by atoms with E-state index in [9.17, 15) is 9.59 Å². The SMILES string of the molecule is COC(=O)C1=C(C(=O)OC)N(c2ccc3cc(Cl)ncc3c2)COC1. The summed E-state index contributed by atoms with van der Waals surface area (Å²) in [5.41, 5.74) is 0.856. The molecule has 130 valence electrons. The Morgan fingerprint density at radius 3 is 2.64 bits per heavy atom. The summed E-state index contributed by atoms with van der Waals surface area (Å²) in [5, 5.41) is 2.12. The number of hydrogen-bond donors (Lipinski definition) is 0. The van der Waals surface area contributed by atoms with Crippen molar-refractivity contribution in [3.63, 3.8) is 0 Å². The molecule has 25 heavy (non-hydrogen) atoms. The molecule has 2 heterocycles. The summed E-state index contributed by atoms with van der Waals surface area (Å²) in [6, 6.07) is 7.21. The Hall–Kier alpha value is -2.64. The van der Waals surface area contributed by atoms with Gasteiger partial charge in [0.25, 0.3) is 0 Å². The lowest BCUT2D eigenvalue weighted by Crippen LogP contribution is -2.38. The Balaban J connectivity index is 2.11. The Labute approximate surface area is 148 Å². The van der Waals surface area contributed by atoms with E-state index in [0.29, 0.717) is 10.8 Å². The van der Waals surface area contributed by atoms with Crippen molar-refractivity contribution in [3.8, 4) is 0 Å². The van der Waals surface area contributed by atoms with Crippen molar-refractivity contribution >= 4 is 40.0 Å². The zero-order chi connectivity index (χ0) is 18.0. The van der Waals surface area contributed by atoms with Gasteiger partial charge in [-0.15, -0.1) is 0 Å². The van der Waals surface area contributed by atoms with Crippen LogP contribution in [0.1, 0.15) is 0 Å². The van der Waals surface area contributed by atoms with Gasteiger partial charge < -0.3 is 19.1 Å². The minimum Gasteiger partial charge on any atom is -0.466 e. The molecule has 0 bridgehead atoms. The first-order chi connectivity index (χ1) is 12.0. The third-order valence-corrected chi connectivity index (χ3v) is 4.02. The third kappa shape index (κ3) is 3.29. The molecule has 2 aromatic rings. The number of carbonyl (C=O) groups is 2. The highest BCUT2D eigenvalue weighted by molar-refractivity contribution is 6.30. The van der Waals surface area contributed by atoms with E-state index < -0.39 is 11.9 Å². The second-order valence-corrected chi connectivity index (χ2v) is 5.64. The summed E-state index contributed by atoms with van der Waals surface area (Å²) in [7, 11) is 2.50. The Morgan fingerprint density at radius 2 is 1.92 bits per heavy atom. The van der Waals surface area contributed by atoms with Gasteiger partial charge in [-0.3, -0.25) is 0 Å². The molecule has 1 aliphatic rings. The Morgan fingerprint density at radius 1 is 1.16 bits per heavy atom. The molecule has 0 amide bonds. The van der Waals surface area contributed by atoms with Gasteiger partial charge in [0, 0.05) is 17.3 Å². The molecule has 0 aliphatic carbocycles. The first kappa shape index (κ1) is 17.2. The van der Waals surface area contributed by atoms with Gasteiger partial charge in [-0.2, -0.15) is 0 Å². The van der Waals surface area contributed by atoms with Crippen LogP contribution >= 0.6 is 11.6 Å². The van der Waals surface area contributed by atoms with Crippen molar-refractivity contribution < 1.29 is 23.8 Å². The number of ether oxygens (including phenoxy) is 3. The van der Waals surface area contributed by atoms with Crippen molar-refractivity contribution in [1.82, 2.24) is 4.98 Å². The highest BCUT2D eigenvalue weighted by Crippen LogP contribution is 2.29. The summed E-state index contributed by atoms with van der Waals surface area (Å²) >= 11 is 5.90. The number of hydrogen-bond acceptors (Lipinski definition) is 7. The molecule has 3 rings (SSSR count). The zero-order valence-corrected chi connectivity index (χ0v) is 14.4. The topological polar surface area (TPSA) is 78.0 Å². The number of anilines is 1. The molecule has 0 radical (unpaired) electrons. The quantitative estimate of drug-likeness (QED) is 0.612. The molecule has 0 saturated heterocycles. The first-order valence-electron chi connectivity index (χ1n) is 7.35. The number of pyridine rings is 1. The van der Waals surface area contributed by atoms with E-state index in [0.717, 1.165) is 10.8 Å². The second kappa shape index (κ2) is 7.08. The predicted molar refractivity (Wildman–Crippen MR) is 91.1 cm³/mol. The lowest BCUT2D eigenvalue weighted by molar-refractivity contribution is -0.140. The van der Waals surface area contributed by atoms with Crippen molar-refractivity contribution in [3.05, 3.63) is 46.9 Å². The maximum atomic E-state index is 12.3. The van der Waals surface area contributed by atoms with E-state index in [2.05, 4.69) is 4.98 Å². The molecular weight excluding hydrogens is 348 g/mol. The number of fused-ring (bicyclic) bond motifs is 1. The number of rotatable bonds is 3. The minimum absolute atomic E-state index is 0.0294. The van der Waals surface area contributed by atoms with E-state index in [4.69, 9.17) is 25.8 Å². The molecule has 1 aliphatic heterocycles. The summed E-state index contributed by atoms with van der Waals surface area (Å²) in [6.07, 6.45) is 1.63. The van der Waals surface area contributed by atoms with E-state index in [-0.39, 0.29) is 24.6 Å². The first-order valence-corrected chi connectivity index (χ1v) is 7.73. The van der Waals surface area contributed by atoms with E-state index in [1.54, 1.807) is 23.2 Å². The third-order valence-electron chi connectivity index (χ3n) is 3.82. The van der Waals surface area contributed by atoms with Crippen LogP contribution in [0, 0.1) is 0 Å². The Kier molecular flexibility index (Phi) is 4.87. The maximum absolute atomic E-state index is 12.3. The molecule has 0 atom stereocenters. The molecule has 0 saturated carbocycles. The summed E-state index contributed by atoms with van der Waals surface area (Å²) in [4.78, 5) is 29.9. The van der Waals surface area contributed by atoms with E-state index in [1.807, 2.05) is 12.1 Å². The number of benzene rings is 1. The normalized spacial score (nSPS) is 14.6. The summed E-state index contributed by atoms with van der Waals surface area (Å²) in [5.74, 6) is -1.28. The number of carbonyl (C=O) groups excluding carboxylic acids is 2. The molecule has 8 heteroatoms. The summed E-state index contributed by atoms with van der Waals surface area (Å²) in [6.45, 7) is 0.0653. The van der Waals surface area contributed by atoms with Gasteiger partial charge in [-0.1, -0.05) is 17.7 Å². The summed E-state index contributed by atoms with van der Waals surface area (Å²) < 4.78 is 15.0. The van der Waals surface area contributed by atoms with Gasteiger partial charge in [0.1, 0.15) is 17.6 Å². The highest BCUT2D eigenvalue weighted by atomic mass is 35.5. The van der Waals surface area contributed by atoms with Crippen LogP contribution in [0.25, 0.3) is 10.8 Å². The van der Waals surface area contributed by atoms with Gasteiger partial charge in [0.05, 0.1) is 26.4 Å². The molecule has 1 aromatic heterocycles. The number of halogens is 1. The van der Waals surface area contributed by atoms with Crippen LogP contribution in [0.15, 0.2) is 41.7 Å². The second-order valence-electron chi connectivity index (χ2n) is 5.25. The van der Waals surface area contributed by atoms with Gasteiger partial charge in [-0.05, 0) is 23.6 Å². The number of methoxy groups -OCH3 is 2. The van der Waals surface area contributed by atoms with Crippen LogP contribution in [-0.4, -0.2) is 44.5 Å². The predicted octanol–water partition coefficient (Wildman–Crippen LogP) is 2.28. The van der Waals surface area contributed by atoms with Crippen molar-refractivity contribution in [1.29, 1.82) is 0 Å². The fourth-order valence-electron chi connectivity index (χ4n) is 2.62. The van der Waals surface area contributed by atoms with Gasteiger partial charge in [0.15, 0.2) is 0 Å². The highest BCUT2D eigenvalue weighted by Gasteiger charge is 2.32. The molecular formula is C17H15ClN2O5. The minimum atomic E-state index is -0.641. The molecule has 0 unspecified atom stereocenters. The van der Waals surface area contributed by atoms with Gasteiger partial charge in [0.2, 0.25) is 0 Å². The van der Waals surface area contributed by atoms with Crippen molar-refractivity contribution in [2.24, 2.45) is 0 Å². The van der Waals surface area contributed by atoms with Crippen LogP contribution in [0.2, 0.25) is 5.15 Å². The average molecular weight is 363 g/mol. The largest absolute Gasteiger partial charge is 0.466 e. The van der Waals surface area contributed by atoms with Crippen molar-refractivity contribution in [2.75, 3.05) is 32.5 Å². The smallest absolute Gasteiger partial charge is 0.355 e. The fraction of sp³-hybridized carbons (Fsp3) is 0.235. The maximum Gasteiger partial charge on any atom is 0.355 e. The van der Waals surface area contributed by atoms with Crippen LogP contribution < -0.4 is 4.90 Å². The van der Waals surface area contributed by atoms with Crippen LogP contribution in [0.5, 0.6) is 0 Å². The van der Waals surface area contributed by atoms with Crippen LogP contribution in [0.4, 0.5) is 5.69 Å². The lowest BCUT2D eigenvalue weighted by atomic mass is 10.1. The number of nitrogens with zero attached hydrogens (tertiary/aromatic N) is 2. The van der Waals surface area contributed by atoms with Gasteiger partial charge in [-0.25, -0.2) is 14.6 Å². The Bertz CT molecular complexity index is 880. The zero-order valence-electron chi connectivity index (χ0n) is 13.6. The fourth-order valence-corrected chi connectivity index (χ4v) is 2.78. The van der Waals surface area contributed by atoms with Crippen molar-refractivity contribution in [2.45, 2.75) is 0 Å². The number of esters is 2. The molecule has 7 nitrogen and oxygen atoms in total. The van der Waals surface area contributed by atoms with Crippen LogP contribution in [0.3, 0.4) is 0 Å². The number of aromatic nitrogens is 1. The van der Waals surface area contributed by atoms with E-state index in [1.165, 1.54) is 14.2 Å². The molecule has 0 fully saturated rings.